The van der Waals surface area contributed by atoms with E-state index in [1.165, 1.54) is 26.4 Å². The van der Waals surface area contributed by atoms with Gasteiger partial charge in [-0.3, -0.25) is 4.79 Å². The van der Waals surface area contributed by atoms with Gasteiger partial charge in [-0.15, -0.1) is 0 Å². The van der Waals surface area contributed by atoms with Gasteiger partial charge in [-0.05, 0) is 23.8 Å². The minimum Gasteiger partial charge on any atom is -0.493 e. The molecule has 0 spiro atoms. The Hall–Kier alpha value is -3.24. The van der Waals surface area contributed by atoms with Gasteiger partial charge in [0.1, 0.15) is 0 Å². The van der Waals surface area contributed by atoms with E-state index in [1.807, 2.05) is 6.07 Å². The van der Waals surface area contributed by atoms with Crippen LogP contribution >= 0.6 is 11.6 Å². The Labute approximate surface area is 161 Å². The molecule has 0 saturated carbocycles. The Morgan fingerprint density at radius 2 is 1.89 bits per heavy atom. The minimum atomic E-state index is -0.424. The fourth-order valence-corrected chi connectivity index (χ4v) is 2.46. The normalized spacial score (nSPS) is 9.85. The van der Waals surface area contributed by atoms with E-state index in [4.69, 9.17) is 26.3 Å². The molecular weight excluding hydrogens is 372 g/mol. The van der Waals surface area contributed by atoms with E-state index < -0.39 is 5.97 Å². The number of nitrogens with zero attached hydrogens (tertiary/aromatic N) is 1. The molecule has 2 aromatic carbocycles. The first-order valence-corrected chi connectivity index (χ1v) is 8.20. The Bertz CT molecular complexity index is 875. The molecule has 0 heterocycles. The molecule has 8 heteroatoms. The number of carbonyl (C=O) groups excluding carboxylic acids is 2. The van der Waals surface area contributed by atoms with Crippen LogP contribution in [0, 0.1) is 11.3 Å². The summed E-state index contributed by atoms with van der Waals surface area (Å²) >= 11 is 6.08. The van der Waals surface area contributed by atoms with Gasteiger partial charge in [0.05, 0.1) is 36.4 Å². The maximum atomic E-state index is 12.0. The Kier molecular flexibility index (Phi) is 7.03. The van der Waals surface area contributed by atoms with E-state index in [0.717, 1.165) is 5.56 Å². The van der Waals surface area contributed by atoms with Gasteiger partial charge in [-0.25, -0.2) is 4.79 Å². The van der Waals surface area contributed by atoms with Crippen LogP contribution in [0.15, 0.2) is 36.4 Å². The number of hydrogen-bond acceptors (Lipinski definition) is 6. The first-order chi connectivity index (χ1) is 13.0. The summed E-state index contributed by atoms with van der Waals surface area (Å²) < 4.78 is 15.2. The fraction of sp³-hybridized carbons (Fsp3) is 0.211. The molecule has 2 aromatic rings. The number of ether oxygens (including phenoxy) is 3. The summed E-state index contributed by atoms with van der Waals surface area (Å²) in [7, 11) is 2.73. The summed E-state index contributed by atoms with van der Waals surface area (Å²) in [5, 5.41) is 11.8. The minimum absolute atomic E-state index is 0.178. The first-order valence-electron chi connectivity index (χ1n) is 7.83. The van der Waals surface area contributed by atoms with Gasteiger partial charge in [-0.1, -0.05) is 23.7 Å². The summed E-state index contributed by atoms with van der Waals surface area (Å²) in [6, 6.07) is 11.5. The lowest BCUT2D eigenvalue weighted by Gasteiger charge is -2.13. The number of methoxy groups -OCH3 is 2. The number of halogens is 1. The number of nitrogens with one attached hydrogen (secondary N) is 1. The van der Waals surface area contributed by atoms with Crippen LogP contribution < -0.4 is 14.8 Å². The van der Waals surface area contributed by atoms with Crippen molar-refractivity contribution in [3.05, 3.63) is 58.1 Å². The number of esters is 1. The van der Waals surface area contributed by atoms with Gasteiger partial charge >= 0.3 is 5.97 Å². The molecule has 7 nitrogen and oxygen atoms in total. The summed E-state index contributed by atoms with van der Waals surface area (Å²) in [4.78, 5) is 23.4. The van der Waals surface area contributed by atoms with Gasteiger partial charge in [0.15, 0.2) is 18.1 Å². The van der Waals surface area contributed by atoms with E-state index in [9.17, 15) is 9.59 Å². The van der Waals surface area contributed by atoms with Crippen molar-refractivity contribution in [2.24, 2.45) is 0 Å². The number of benzene rings is 2. The summed E-state index contributed by atoms with van der Waals surface area (Å²) in [6.07, 6.45) is 0. The van der Waals surface area contributed by atoms with Crippen LogP contribution in [0.25, 0.3) is 0 Å². The second-order valence-corrected chi connectivity index (χ2v) is 5.76. The Morgan fingerprint density at radius 1 is 1.19 bits per heavy atom. The predicted octanol–water partition coefficient (Wildman–Crippen LogP) is 2.70. The number of nitriles is 1. The molecule has 0 aliphatic rings. The van der Waals surface area contributed by atoms with Crippen molar-refractivity contribution in [1.82, 2.24) is 5.32 Å². The second-order valence-electron chi connectivity index (χ2n) is 5.36. The topological polar surface area (TPSA) is 97.6 Å². The van der Waals surface area contributed by atoms with Crippen LogP contribution in [-0.4, -0.2) is 32.7 Å². The van der Waals surface area contributed by atoms with Crippen LogP contribution in [0.1, 0.15) is 21.5 Å². The SMILES string of the molecule is COC(=O)c1ccc(CNC(=O)COc2c(Cl)cc(C#N)cc2OC)cc1. The molecule has 0 aromatic heterocycles. The lowest BCUT2D eigenvalue weighted by molar-refractivity contribution is -0.123. The molecule has 0 saturated heterocycles. The van der Waals surface area contributed by atoms with E-state index in [2.05, 4.69) is 10.1 Å². The van der Waals surface area contributed by atoms with Crippen LogP contribution in [0.4, 0.5) is 0 Å². The summed E-state index contributed by atoms with van der Waals surface area (Å²) in [6.45, 7) is -0.00981. The van der Waals surface area contributed by atoms with Crippen molar-refractivity contribution in [3.8, 4) is 17.6 Å². The molecule has 1 amide bonds. The molecular formula is C19H17ClN2O5. The molecule has 1 N–H and O–H groups in total. The maximum Gasteiger partial charge on any atom is 0.337 e. The van der Waals surface area contributed by atoms with Crippen LogP contribution in [0.3, 0.4) is 0 Å². The number of rotatable bonds is 7. The average molecular weight is 389 g/mol. The third-order valence-electron chi connectivity index (χ3n) is 3.57. The van der Waals surface area contributed by atoms with Crippen molar-refractivity contribution in [2.45, 2.75) is 6.54 Å². The molecule has 140 valence electrons. The van der Waals surface area contributed by atoms with E-state index >= 15 is 0 Å². The Balaban J connectivity index is 1.92. The quantitative estimate of drug-likeness (QED) is 0.732. The fourth-order valence-electron chi connectivity index (χ4n) is 2.19. The van der Waals surface area contributed by atoms with Crippen LogP contribution in [-0.2, 0) is 16.1 Å². The zero-order valence-electron chi connectivity index (χ0n) is 14.7. The molecule has 0 fully saturated rings. The molecule has 27 heavy (non-hydrogen) atoms. The standard InChI is InChI=1S/C19H17ClN2O5/c1-25-16-8-13(9-21)7-15(20)18(16)27-11-17(23)22-10-12-3-5-14(6-4-12)19(24)26-2/h3-8H,10-11H2,1-2H3,(H,22,23). The lowest BCUT2D eigenvalue weighted by atomic mass is 10.1. The monoisotopic (exact) mass is 388 g/mol. The number of carbonyl (C=O) groups is 2. The van der Waals surface area contributed by atoms with Crippen molar-refractivity contribution in [2.75, 3.05) is 20.8 Å². The third-order valence-corrected chi connectivity index (χ3v) is 3.85. The van der Waals surface area contributed by atoms with Gasteiger partial charge in [0.25, 0.3) is 5.91 Å². The number of hydrogen-bond donors (Lipinski definition) is 1. The highest BCUT2D eigenvalue weighted by atomic mass is 35.5. The highest BCUT2D eigenvalue weighted by Gasteiger charge is 2.14. The smallest absolute Gasteiger partial charge is 0.337 e. The van der Waals surface area contributed by atoms with Gasteiger partial charge < -0.3 is 19.5 Å². The molecule has 0 radical (unpaired) electrons. The van der Waals surface area contributed by atoms with Crippen LogP contribution in [0.2, 0.25) is 5.02 Å². The molecule has 0 atom stereocenters. The molecule has 0 aliphatic heterocycles. The largest absolute Gasteiger partial charge is 0.493 e. The summed E-state index contributed by atoms with van der Waals surface area (Å²) in [5.74, 6) is -0.331. The van der Waals surface area contributed by atoms with Crippen molar-refractivity contribution in [1.29, 1.82) is 5.26 Å². The highest BCUT2D eigenvalue weighted by molar-refractivity contribution is 6.32. The maximum absolute atomic E-state index is 12.0. The predicted molar refractivity (Wildman–Crippen MR) is 97.8 cm³/mol. The third kappa shape index (κ3) is 5.36. The zero-order chi connectivity index (χ0) is 19.8. The molecule has 0 bridgehead atoms. The average Bonchev–Trinajstić information content (AvgIpc) is 2.70. The van der Waals surface area contributed by atoms with Crippen LogP contribution in [0.5, 0.6) is 11.5 Å². The molecule has 0 unspecified atom stereocenters. The zero-order valence-corrected chi connectivity index (χ0v) is 15.5. The van der Waals surface area contributed by atoms with Crippen molar-refractivity contribution in [3.63, 3.8) is 0 Å². The van der Waals surface area contributed by atoms with Crippen molar-refractivity contribution >= 4 is 23.5 Å². The molecule has 2 rings (SSSR count). The molecule has 0 aliphatic carbocycles. The lowest BCUT2D eigenvalue weighted by Crippen LogP contribution is -2.28. The Morgan fingerprint density at radius 3 is 2.48 bits per heavy atom. The highest BCUT2D eigenvalue weighted by Crippen LogP contribution is 2.36. The van der Waals surface area contributed by atoms with Gasteiger partial charge in [0.2, 0.25) is 0 Å². The van der Waals surface area contributed by atoms with E-state index in [0.29, 0.717) is 11.1 Å². The second kappa shape index (κ2) is 9.46. The van der Waals surface area contributed by atoms with E-state index in [1.54, 1.807) is 24.3 Å². The first kappa shape index (κ1) is 20.1. The number of amides is 1. The van der Waals surface area contributed by atoms with Gasteiger partial charge in [-0.2, -0.15) is 5.26 Å². The van der Waals surface area contributed by atoms with Crippen molar-refractivity contribution < 1.29 is 23.8 Å². The summed E-state index contributed by atoms with van der Waals surface area (Å²) in [5.41, 5.74) is 1.56. The van der Waals surface area contributed by atoms with E-state index in [-0.39, 0.29) is 35.6 Å². The van der Waals surface area contributed by atoms with Gasteiger partial charge in [0, 0.05) is 12.6 Å².